The summed E-state index contributed by atoms with van der Waals surface area (Å²) in [4.78, 5) is 31.5. The standard InChI is InChI=1S/C28H23BrN2O5/c1-35-18-10-7-16(8-11-18)15-31-25(20-14-30-22-6-4-3-5-19(20)22)24(27(33)28(31)34)26(32)17-9-12-23(36-2)21(29)13-17/h3-14,25,30,32H,15H2,1-2H3/b26-24+. The third kappa shape index (κ3) is 4.03. The molecule has 0 saturated carbocycles. The average Bonchev–Trinajstić information content (AvgIpc) is 3.43. The SMILES string of the molecule is COc1ccc(CN2C(=O)C(=O)/C(=C(/O)c3ccc(OC)c(Br)c3)C2c2c[nH]c3ccccc23)cc1. The first-order valence-corrected chi connectivity index (χ1v) is 12.0. The van der Waals surface area contributed by atoms with Gasteiger partial charge in [0.15, 0.2) is 0 Å². The molecule has 0 bridgehead atoms. The molecule has 2 heterocycles. The highest BCUT2D eigenvalue weighted by molar-refractivity contribution is 9.10. The monoisotopic (exact) mass is 546 g/mol. The molecular formula is C28H23BrN2O5. The first-order valence-electron chi connectivity index (χ1n) is 11.2. The number of carbonyl (C=O) groups is 2. The lowest BCUT2D eigenvalue weighted by Gasteiger charge is -2.25. The van der Waals surface area contributed by atoms with Gasteiger partial charge in [0, 0.05) is 34.8 Å². The van der Waals surface area contributed by atoms with Gasteiger partial charge in [-0.1, -0.05) is 30.3 Å². The summed E-state index contributed by atoms with van der Waals surface area (Å²) in [6.45, 7) is 0.182. The Kier molecular flexibility index (Phi) is 6.28. The van der Waals surface area contributed by atoms with E-state index >= 15 is 0 Å². The van der Waals surface area contributed by atoms with Crippen LogP contribution in [0, 0.1) is 0 Å². The molecule has 1 amide bonds. The summed E-state index contributed by atoms with van der Waals surface area (Å²) in [5, 5.41) is 12.2. The summed E-state index contributed by atoms with van der Waals surface area (Å²) in [6, 6.07) is 19.2. The number of likely N-dealkylation sites (tertiary alicyclic amines) is 1. The van der Waals surface area contributed by atoms with Crippen molar-refractivity contribution < 1.29 is 24.2 Å². The Morgan fingerprint density at radius 3 is 2.47 bits per heavy atom. The van der Waals surface area contributed by atoms with Crippen LogP contribution in [0.15, 0.2) is 83.0 Å². The molecule has 0 radical (unpaired) electrons. The van der Waals surface area contributed by atoms with Gasteiger partial charge in [-0.2, -0.15) is 0 Å². The highest BCUT2D eigenvalue weighted by Gasteiger charge is 2.46. The van der Waals surface area contributed by atoms with Crippen molar-refractivity contribution in [1.29, 1.82) is 0 Å². The summed E-state index contributed by atoms with van der Waals surface area (Å²) in [5.41, 5.74) is 2.86. The van der Waals surface area contributed by atoms with Gasteiger partial charge in [0.25, 0.3) is 11.7 Å². The number of halogens is 1. The second-order valence-corrected chi connectivity index (χ2v) is 9.27. The van der Waals surface area contributed by atoms with Crippen molar-refractivity contribution in [1.82, 2.24) is 9.88 Å². The largest absolute Gasteiger partial charge is 0.507 e. The number of rotatable bonds is 6. The minimum Gasteiger partial charge on any atom is -0.507 e. The van der Waals surface area contributed by atoms with E-state index in [4.69, 9.17) is 9.47 Å². The average molecular weight is 547 g/mol. The van der Waals surface area contributed by atoms with Gasteiger partial charge in [-0.15, -0.1) is 0 Å². The molecule has 1 aliphatic heterocycles. The van der Waals surface area contributed by atoms with Crippen molar-refractivity contribution in [3.63, 3.8) is 0 Å². The lowest BCUT2D eigenvalue weighted by atomic mass is 9.94. The zero-order valence-electron chi connectivity index (χ0n) is 19.6. The molecule has 4 aromatic rings. The molecule has 182 valence electrons. The predicted octanol–water partition coefficient (Wildman–Crippen LogP) is 5.57. The number of amides is 1. The molecule has 5 rings (SSSR count). The Hall–Kier alpha value is -4.04. The van der Waals surface area contributed by atoms with Gasteiger partial charge in [0.2, 0.25) is 0 Å². The van der Waals surface area contributed by atoms with Crippen LogP contribution in [-0.2, 0) is 16.1 Å². The molecule has 1 aliphatic rings. The van der Waals surface area contributed by atoms with Crippen molar-refractivity contribution in [3.05, 3.63) is 99.7 Å². The molecule has 7 nitrogen and oxygen atoms in total. The first kappa shape index (κ1) is 23.7. The zero-order chi connectivity index (χ0) is 25.4. The third-order valence-electron chi connectivity index (χ3n) is 6.39. The smallest absolute Gasteiger partial charge is 0.295 e. The molecule has 1 aromatic heterocycles. The summed E-state index contributed by atoms with van der Waals surface area (Å²) < 4.78 is 11.1. The number of aliphatic hydroxyl groups is 1. The number of aliphatic hydroxyl groups excluding tert-OH is 1. The Balaban J connectivity index is 1.67. The van der Waals surface area contributed by atoms with E-state index < -0.39 is 17.7 Å². The molecule has 0 spiro atoms. The molecule has 1 unspecified atom stereocenters. The van der Waals surface area contributed by atoms with Crippen LogP contribution in [0.2, 0.25) is 0 Å². The van der Waals surface area contributed by atoms with Crippen molar-refractivity contribution >= 4 is 44.3 Å². The van der Waals surface area contributed by atoms with E-state index in [1.165, 1.54) is 4.90 Å². The maximum atomic E-state index is 13.4. The van der Waals surface area contributed by atoms with E-state index in [1.807, 2.05) is 48.5 Å². The fourth-order valence-corrected chi connectivity index (χ4v) is 5.12. The maximum absolute atomic E-state index is 13.4. The van der Waals surface area contributed by atoms with Crippen LogP contribution in [0.25, 0.3) is 16.7 Å². The number of aromatic nitrogens is 1. The van der Waals surface area contributed by atoms with Gasteiger partial charge < -0.3 is 24.5 Å². The number of aromatic amines is 1. The predicted molar refractivity (Wildman–Crippen MR) is 140 cm³/mol. The van der Waals surface area contributed by atoms with Gasteiger partial charge in [-0.05, 0) is 57.9 Å². The second kappa shape index (κ2) is 9.54. The second-order valence-electron chi connectivity index (χ2n) is 8.41. The molecule has 1 atom stereocenters. The number of hydrogen-bond donors (Lipinski definition) is 2. The summed E-state index contributed by atoms with van der Waals surface area (Å²) in [5.74, 6) is -0.374. The minimum atomic E-state index is -0.788. The van der Waals surface area contributed by atoms with Gasteiger partial charge in [0.05, 0.1) is 30.3 Å². The van der Waals surface area contributed by atoms with Crippen molar-refractivity contribution in [2.45, 2.75) is 12.6 Å². The fraction of sp³-hybridized carbons (Fsp3) is 0.143. The summed E-state index contributed by atoms with van der Waals surface area (Å²) in [7, 11) is 3.13. The van der Waals surface area contributed by atoms with Crippen LogP contribution in [0.4, 0.5) is 0 Å². The third-order valence-corrected chi connectivity index (χ3v) is 7.01. The van der Waals surface area contributed by atoms with Gasteiger partial charge >= 0.3 is 0 Å². The maximum Gasteiger partial charge on any atom is 0.295 e. The van der Waals surface area contributed by atoms with E-state index in [0.29, 0.717) is 21.5 Å². The number of fused-ring (bicyclic) bond motifs is 1. The topological polar surface area (TPSA) is 91.9 Å². The lowest BCUT2D eigenvalue weighted by molar-refractivity contribution is -0.140. The number of carbonyl (C=O) groups excluding carboxylic acids is 2. The van der Waals surface area contributed by atoms with Crippen LogP contribution in [0.1, 0.15) is 22.7 Å². The Morgan fingerprint density at radius 2 is 1.78 bits per heavy atom. The highest BCUT2D eigenvalue weighted by Crippen LogP contribution is 2.43. The van der Waals surface area contributed by atoms with E-state index in [0.717, 1.165) is 22.0 Å². The molecular weight excluding hydrogens is 524 g/mol. The van der Waals surface area contributed by atoms with Crippen LogP contribution in [0.3, 0.4) is 0 Å². The minimum absolute atomic E-state index is 0.0373. The van der Waals surface area contributed by atoms with Crippen LogP contribution in [-0.4, -0.2) is 40.9 Å². The van der Waals surface area contributed by atoms with E-state index in [1.54, 1.807) is 38.6 Å². The number of nitrogens with zero attached hydrogens (tertiary/aromatic N) is 1. The fourth-order valence-electron chi connectivity index (χ4n) is 4.58. The number of methoxy groups -OCH3 is 2. The Labute approximate surface area is 216 Å². The van der Waals surface area contributed by atoms with E-state index in [-0.39, 0.29) is 17.9 Å². The van der Waals surface area contributed by atoms with Crippen LogP contribution < -0.4 is 9.47 Å². The number of H-pyrrole nitrogens is 1. The van der Waals surface area contributed by atoms with Crippen molar-refractivity contribution in [2.75, 3.05) is 14.2 Å². The van der Waals surface area contributed by atoms with Crippen LogP contribution >= 0.6 is 15.9 Å². The Bertz CT molecular complexity index is 1510. The van der Waals surface area contributed by atoms with Gasteiger partial charge in [0.1, 0.15) is 17.3 Å². The molecule has 2 N–H and O–H groups in total. The zero-order valence-corrected chi connectivity index (χ0v) is 21.2. The highest BCUT2D eigenvalue weighted by atomic mass is 79.9. The van der Waals surface area contributed by atoms with E-state index in [9.17, 15) is 14.7 Å². The van der Waals surface area contributed by atoms with E-state index in [2.05, 4.69) is 20.9 Å². The summed E-state index contributed by atoms with van der Waals surface area (Å²) in [6.07, 6.45) is 1.79. The molecule has 1 fully saturated rings. The number of Topliss-reactive ketones (excluding diaryl/α,β-unsaturated/α-hetero) is 1. The van der Waals surface area contributed by atoms with Gasteiger partial charge in [-0.3, -0.25) is 9.59 Å². The van der Waals surface area contributed by atoms with Crippen molar-refractivity contribution in [2.24, 2.45) is 0 Å². The molecule has 36 heavy (non-hydrogen) atoms. The summed E-state index contributed by atoms with van der Waals surface area (Å²) >= 11 is 3.43. The van der Waals surface area contributed by atoms with Crippen molar-refractivity contribution in [3.8, 4) is 11.5 Å². The van der Waals surface area contributed by atoms with Crippen LogP contribution in [0.5, 0.6) is 11.5 Å². The quantitative estimate of drug-likeness (QED) is 0.187. The number of hydrogen-bond acceptors (Lipinski definition) is 5. The lowest BCUT2D eigenvalue weighted by Crippen LogP contribution is -2.29. The molecule has 1 saturated heterocycles. The number of ether oxygens (including phenoxy) is 2. The number of nitrogens with one attached hydrogen (secondary N) is 1. The molecule has 3 aromatic carbocycles. The molecule has 8 heteroatoms. The normalized spacial score (nSPS) is 17.1. The van der Waals surface area contributed by atoms with Gasteiger partial charge in [-0.25, -0.2) is 0 Å². The number of benzene rings is 3. The number of para-hydroxylation sites is 1. The molecule has 0 aliphatic carbocycles. The Morgan fingerprint density at radius 1 is 1.03 bits per heavy atom. The number of ketones is 1. The first-order chi connectivity index (χ1) is 17.4.